The van der Waals surface area contributed by atoms with E-state index in [-0.39, 0.29) is 35.7 Å². The number of amides is 2. The van der Waals surface area contributed by atoms with E-state index in [1.807, 2.05) is 36.4 Å². The Morgan fingerprint density at radius 3 is 1.65 bits per heavy atom. The van der Waals surface area contributed by atoms with Crippen LogP contribution in [0.1, 0.15) is 49.7 Å². The van der Waals surface area contributed by atoms with Gasteiger partial charge in [-0.05, 0) is 47.4 Å². The standard InChI is InChI=1S/C30H26N2O4S/c33-29-27-13-7-8-14-28(27)30(34)32(29)21-22-15-17-25(18-16-22)37(35,36)31-20-19-26(23-9-3-1-4-10-23)24-11-5-2-6-12-24/h1-18,26,31H,19-21H2. The molecule has 7 heteroatoms. The fraction of sp³-hybridized carbons (Fsp3) is 0.133. The number of hydrogen-bond acceptors (Lipinski definition) is 4. The molecule has 0 saturated carbocycles. The Morgan fingerprint density at radius 1 is 0.649 bits per heavy atom. The van der Waals surface area contributed by atoms with Crippen molar-refractivity contribution in [2.45, 2.75) is 23.8 Å². The molecule has 0 unspecified atom stereocenters. The number of nitrogens with one attached hydrogen (secondary N) is 1. The lowest BCUT2D eigenvalue weighted by Crippen LogP contribution is -2.29. The van der Waals surface area contributed by atoms with Crippen LogP contribution >= 0.6 is 0 Å². The number of benzene rings is 4. The predicted molar refractivity (Wildman–Crippen MR) is 142 cm³/mol. The largest absolute Gasteiger partial charge is 0.270 e. The van der Waals surface area contributed by atoms with Gasteiger partial charge in [0.15, 0.2) is 0 Å². The van der Waals surface area contributed by atoms with Crippen molar-refractivity contribution in [3.63, 3.8) is 0 Å². The second kappa shape index (κ2) is 10.5. The Bertz CT molecular complexity index is 1440. The summed E-state index contributed by atoms with van der Waals surface area (Å²) in [5, 5.41) is 0. The van der Waals surface area contributed by atoms with Crippen molar-refractivity contribution < 1.29 is 18.0 Å². The van der Waals surface area contributed by atoms with Gasteiger partial charge in [0.2, 0.25) is 10.0 Å². The topological polar surface area (TPSA) is 83.6 Å². The average molecular weight is 511 g/mol. The summed E-state index contributed by atoms with van der Waals surface area (Å²) in [6.07, 6.45) is 0.602. The van der Waals surface area contributed by atoms with E-state index in [9.17, 15) is 18.0 Å². The third-order valence-electron chi connectivity index (χ3n) is 6.58. The van der Waals surface area contributed by atoms with Gasteiger partial charge in [-0.15, -0.1) is 0 Å². The van der Waals surface area contributed by atoms with Crippen molar-refractivity contribution in [3.05, 3.63) is 137 Å². The van der Waals surface area contributed by atoms with Crippen molar-refractivity contribution in [2.75, 3.05) is 6.54 Å². The third-order valence-corrected chi connectivity index (χ3v) is 8.06. The number of carbonyl (C=O) groups is 2. The lowest BCUT2D eigenvalue weighted by molar-refractivity contribution is 0.0642. The van der Waals surface area contributed by atoms with Gasteiger partial charge in [-0.25, -0.2) is 13.1 Å². The maximum atomic E-state index is 13.0. The smallest absolute Gasteiger partial charge is 0.261 e. The Labute approximate surface area is 216 Å². The molecule has 186 valence electrons. The minimum atomic E-state index is -3.73. The first-order valence-corrected chi connectivity index (χ1v) is 13.6. The summed E-state index contributed by atoms with van der Waals surface area (Å²) >= 11 is 0. The number of fused-ring (bicyclic) bond motifs is 1. The molecule has 4 aromatic carbocycles. The van der Waals surface area contributed by atoms with Gasteiger partial charge >= 0.3 is 0 Å². The van der Waals surface area contributed by atoms with E-state index in [0.29, 0.717) is 23.1 Å². The van der Waals surface area contributed by atoms with Crippen molar-refractivity contribution >= 4 is 21.8 Å². The van der Waals surface area contributed by atoms with Crippen LogP contribution in [-0.4, -0.2) is 31.7 Å². The molecule has 0 radical (unpaired) electrons. The summed E-state index contributed by atoms with van der Waals surface area (Å²) in [4.78, 5) is 26.5. The molecule has 6 nitrogen and oxygen atoms in total. The second-order valence-corrected chi connectivity index (χ2v) is 10.7. The highest BCUT2D eigenvalue weighted by Gasteiger charge is 2.35. The van der Waals surface area contributed by atoms with Gasteiger partial charge in [0, 0.05) is 12.5 Å². The highest BCUT2D eigenvalue weighted by Crippen LogP contribution is 2.28. The van der Waals surface area contributed by atoms with E-state index in [2.05, 4.69) is 29.0 Å². The molecule has 1 heterocycles. The van der Waals surface area contributed by atoms with E-state index in [4.69, 9.17) is 0 Å². The molecule has 1 N–H and O–H groups in total. The van der Waals surface area contributed by atoms with Crippen LogP contribution in [0.5, 0.6) is 0 Å². The van der Waals surface area contributed by atoms with Crippen LogP contribution in [0.2, 0.25) is 0 Å². The summed E-state index contributed by atoms with van der Waals surface area (Å²) < 4.78 is 28.6. The number of rotatable bonds is 9. The van der Waals surface area contributed by atoms with Crippen LogP contribution in [0.3, 0.4) is 0 Å². The van der Waals surface area contributed by atoms with Crippen molar-refractivity contribution in [1.29, 1.82) is 0 Å². The van der Waals surface area contributed by atoms with E-state index in [1.165, 1.54) is 17.0 Å². The predicted octanol–water partition coefficient (Wildman–Crippen LogP) is 4.98. The SMILES string of the molecule is O=C1c2ccccc2C(=O)N1Cc1ccc(S(=O)(=O)NCCC(c2ccccc2)c2ccccc2)cc1. The van der Waals surface area contributed by atoms with Gasteiger partial charge in [0.25, 0.3) is 11.8 Å². The third kappa shape index (κ3) is 5.23. The van der Waals surface area contributed by atoms with Gasteiger partial charge in [0.1, 0.15) is 0 Å². The Kier molecular flexibility index (Phi) is 6.99. The van der Waals surface area contributed by atoms with Crippen LogP contribution in [0.4, 0.5) is 0 Å². The summed E-state index contributed by atoms with van der Waals surface area (Å²) in [6.45, 7) is 0.351. The van der Waals surface area contributed by atoms with Crippen LogP contribution in [0.15, 0.2) is 114 Å². The van der Waals surface area contributed by atoms with E-state index >= 15 is 0 Å². The molecule has 2 amide bonds. The lowest BCUT2D eigenvalue weighted by Gasteiger charge is -2.18. The molecule has 0 spiro atoms. The molecular formula is C30H26N2O4S. The summed E-state index contributed by atoms with van der Waals surface area (Å²) in [5.41, 5.74) is 3.71. The lowest BCUT2D eigenvalue weighted by atomic mass is 9.89. The Hall–Kier alpha value is -4.07. The number of carbonyl (C=O) groups excluding carboxylic acids is 2. The molecule has 1 aliphatic rings. The number of nitrogens with zero attached hydrogens (tertiary/aromatic N) is 1. The normalized spacial score (nSPS) is 13.3. The number of imide groups is 1. The molecule has 1 aliphatic heterocycles. The average Bonchev–Trinajstić information content (AvgIpc) is 3.17. The molecule has 0 aromatic heterocycles. The van der Waals surface area contributed by atoms with Crippen LogP contribution in [0.25, 0.3) is 0 Å². The Morgan fingerprint density at radius 2 is 1.14 bits per heavy atom. The van der Waals surface area contributed by atoms with E-state index < -0.39 is 10.0 Å². The zero-order chi connectivity index (χ0) is 25.8. The van der Waals surface area contributed by atoms with Gasteiger partial charge in [-0.3, -0.25) is 14.5 Å². The maximum Gasteiger partial charge on any atom is 0.261 e. The van der Waals surface area contributed by atoms with Gasteiger partial charge < -0.3 is 0 Å². The van der Waals surface area contributed by atoms with Gasteiger partial charge in [0.05, 0.1) is 22.6 Å². The van der Waals surface area contributed by atoms with Crippen molar-refractivity contribution in [3.8, 4) is 0 Å². The minimum Gasteiger partial charge on any atom is -0.270 e. The molecule has 0 atom stereocenters. The first-order valence-electron chi connectivity index (χ1n) is 12.1. The molecule has 5 rings (SSSR count). The molecule has 0 fully saturated rings. The molecule has 0 bridgehead atoms. The summed E-state index contributed by atoms with van der Waals surface area (Å²) in [5.74, 6) is -0.622. The second-order valence-electron chi connectivity index (χ2n) is 8.95. The maximum absolute atomic E-state index is 13.0. The molecular weight excluding hydrogens is 484 g/mol. The fourth-order valence-electron chi connectivity index (χ4n) is 4.66. The zero-order valence-corrected chi connectivity index (χ0v) is 20.9. The molecule has 37 heavy (non-hydrogen) atoms. The monoisotopic (exact) mass is 510 g/mol. The first kappa shape index (κ1) is 24.6. The van der Waals surface area contributed by atoms with Crippen molar-refractivity contribution in [2.24, 2.45) is 0 Å². The van der Waals surface area contributed by atoms with E-state index in [1.54, 1.807) is 36.4 Å². The van der Waals surface area contributed by atoms with Crippen LogP contribution < -0.4 is 4.72 Å². The van der Waals surface area contributed by atoms with Gasteiger partial charge in [-0.2, -0.15) is 0 Å². The number of sulfonamides is 1. The van der Waals surface area contributed by atoms with Crippen molar-refractivity contribution in [1.82, 2.24) is 9.62 Å². The van der Waals surface area contributed by atoms with Crippen LogP contribution in [-0.2, 0) is 16.6 Å². The fourth-order valence-corrected chi connectivity index (χ4v) is 5.70. The highest BCUT2D eigenvalue weighted by atomic mass is 32.2. The highest BCUT2D eigenvalue weighted by molar-refractivity contribution is 7.89. The zero-order valence-electron chi connectivity index (χ0n) is 20.1. The Balaban J connectivity index is 1.24. The van der Waals surface area contributed by atoms with Crippen LogP contribution in [0, 0.1) is 0 Å². The summed E-state index contributed by atoms with van der Waals surface area (Å²) in [7, 11) is -3.73. The molecule has 0 saturated heterocycles. The van der Waals surface area contributed by atoms with Gasteiger partial charge in [-0.1, -0.05) is 84.9 Å². The molecule has 0 aliphatic carbocycles. The quantitative estimate of drug-likeness (QED) is 0.322. The van der Waals surface area contributed by atoms with E-state index in [0.717, 1.165) is 11.1 Å². The summed E-state index contributed by atoms with van der Waals surface area (Å²) in [6, 6.07) is 33.1. The number of hydrogen-bond donors (Lipinski definition) is 1. The minimum absolute atomic E-state index is 0.0622. The molecule has 4 aromatic rings. The first-order chi connectivity index (χ1) is 17.9.